The molecule has 0 amide bonds. The van der Waals surface area contributed by atoms with E-state index in [1.807, 2.05) is 0 Å². The zero-order valence-electron chi connectivity index (χ0n) is 12.3. The number of hydrogen-bond acceptors (Lipinski definition) is 3. The summed E-state index contributed by atoms with van der Waals surface area (Å²) in [5.74, 6) is 1.88. The van der Waals surface area contributed by atoms with E-state index in [1.165, 1.54) is 38.9 Å². The molecule has 0 aliphatic carbocycles. The first kappa shape index (κ1) is 14.4. The van der Waals surface area contributed by atoms with Crippen molar-refractivity contribution in [1.82, 2.24) is 20.2 Å². The molecule has 3 aliphatic rings. The van der Waals surface area contributed by atoms with Crippen LogP contribution >= 0.6 is 11.6 Å². The molecule has 1 unspecified atom stereocenters. The van der Waals surface area contributed by atoms with Gasteiger partial charge in [0.2, 0.25) is 0 Å². The third-order valence-electron chi connectivity index (χ3n) is 4.74. The molecule has 4 heterocycles. The molecule has 3 aliphatic heterocycles. The molecule has 20 heavy (non-hydrogen) atoms. The first-order valence-corrected chi connectivity index (χ1v) is 8.33. The summed E-state index contributed by atoms with van der Waals surface area (Å²) in [6.07, 6.45) is 6.03. The van der Waals surface area contributed by atoms with Crippen molar-refractivity contribution in [3.05, 3.63) is 16.7 Å². The lowest BCUT2D eigenvalue weighted by Crippen LogP contribution is -2.55. The lowest BCUT2D eigenvalue weighted by Gasteiger charge is -2.45. The molecule has 3 fully saturated rings. The van der Waals surface area contributed by atoms with Crippen molar-refractivity contribution in [3.8, 4) is 0 Å². The molecule has 0 aromatic carbocycles. The second-order valence-electron chi connectivity index (χ2n) is 6.18. The van der Waals surface area contributed by atoms with E-state index in [0.29, 0.717) is 11.2 Å². The number of piperidine rings is 3. The van der Waals surface area contributed by atoms with E-state index >= 15 is 0 Å². The Labute approximate surface area is 126 Å². The van der Waals surface area contributed by atoms with Gasteiger partial charge in [-0.15, -0.1) is 0 Å². The third-order valence-corrected chi connectivity index (χ3v) is 5.05. The minimum Gasteiger partial charge on any atom is -0.344 e. The van der Waals surface area contributed by atoms with Gasteiger partial charge in [-0.3, -0.25) is 0 Å². The van der Waals surface area contributed by atoms with Crippen molar-refractivity contribution in [2.24, 2.45) is 5.92 Å². The van der Waals surface area contributed by atoms with Gasteiger partial charge in [-0.05, 0) is 38.3 Å². The Balaban J connectivity index is 1.54. The van der Waals surface area contributed by atoms with Crippen molar-refractivity contribution in [2.75, 3.05) is 19.6 Å². The highest BCUT2D eigenvalue weighted by atomic mass is 35.5. The van der Waals surface area contributed by atoms with Crippen molar-refractivity contribution in [1.29, 1.82) is 0 Å². The Morgan fingerprint density at radius 3 is 2.85 bits per heavy atom. The molecule has 4 rings (SSSR count). The van der Waals surface area contributed by atoms with Crippen LogP contribution in [0.15, 0.2) is 0 Å². The summed E-state index contributed by atoms with van der Waals surface area (Å²) in [4.78, 5) is 10.4. The van der Waals surface area contributed by atoms with Crippen LogP contribution in [0, 0.1) is 5.92 Å². The number of nitrogens with zero attached hydrogens (tertiary/aromatic N) is 2. The Morgan fingerprint density at radius 2 is 2.20 bits per heavy atom. The fraction of sp³-hybridized carbons (Fsp3) is 0.800. The number of aromatic nitrogens is 2. The van der Waals surface area contributed by atoms with Gasteiger partial charge in [0, 0.05) is 25.6 Å². The zero-order valence-corrected chi connectivity index (χ0v) is 13.0. The van der Waals surface area contributed by atoms with Gasteiger partial charge in [0.05, 0.1) is 5.69 Å². The second kappa shape index (κ2) is 6.46. The number of halogens is 1. The van der Waals surface area contributed by atoms with E-state index in [0.717, 1.165) is 36.8 Å². The third kappa shape index (κ3) is 3.18. The molecule has 0 saturated carbocycles. The number of unbranched alkanes of at least 4 members (excludes halogenated alkanes) is 1. The van der Waals surface area contributed by atoms with Gasteiger partial charge in [-0.1, -0.05) is 24.9 Å². The number of H-pyrrole nitrogens is 1. The van der Waals surface area contributed by atoms with Gasteiger partial charge >= 0.3 is 0 Å². The van der Waals surface area contributed by atoms with Gasteiger partial charge in [0.25, 0.3) is 0 Å². The maximum atomic E-state index is 6.23. The fourth-order valence-electron chi connectivity index (χ4n) is 3.45. The van der Waals surface area contributed by atoms with Gasteiger partial charge in [-0.2, -0.15) is 0 Å². The van der Waals surface area contributed by atoms with E-state index < -0.39 is 0 Å². The van der Waals surface area contributed by atoms with Crippen LogP contribution in [0.25, 0.3) is 0 Å². The predicted molar refractivity (Wildman–Crippen MR) is 82.0 cm³/mol. The zero-order chi connectivity index (χ0) is 13.9. The van der Waals surface area contributed by atoms with Crippen LogP contribution in [0.3, 0.4) is 0 Å². The summed E-state index contributed by atoms with van der Waals surface area (Å²) >= 11 is 6.23. The maximum Gasteiger partial charge on any atom is 0.151 e. The summed E-state index contributed by atoms with van der Waals surface area (Å²) in [6.45, 7) is 6.77. The van der Waals surface area contributed by atoms with Crippen LogP contribution in [0.4, 0.5) is 0 Å². The van der Waals surface area contributed by atoms with Crippen molar-refractivity contribution >= 4 is 11.6 Å². The molecule has 1 atom stereocenters. The van der Waals surface area contributed by atoms with Crippen LogP contribution in [-0.4, -0.2) is 40.5 Å². The molecular weight excluding hydrogens is 272 g/mol. The normalized spacial score (nSPS) is 29.0. The predicted octanol–water partition coefficient (Wildman–Crippen LogP) is 2.59. The lowest BCUT2D eigenvalue weighted by atomic mass is 9.84. The van der Waals surface area contributed by atoms with Crippen LogP contribution < -0.4 is 5.32 Å². The van der Waals surface area contributed by atoms with E-state index in [9.17, 15) is 0 Å². The van der Waals surface area contributed by atoms with Gasteiger partial charge in [0.15, 0.2) is 5.15 Å². The second-order valence-corrected chi connectivity index (χ2v) is 6.54. The molecule has 2 N–H and O–H groups in total. The molecule has 5 heteroatoms. The Morgan fingerprint density at radius 1 is 1.40 bits per heavy atom. The summed E-state index contributed by atoms with van der Waals surface area (Å²) in [5.41, 5.74) is 1.05. The summed E-state index contributed by atoms with van der Waals surface area (Å²) in [7, 11) is 0. The van der Waals surface area contributed by atoms with Gasteiger partial charge in [0.1, 0.15) is 5.82 Å². The molecule has 4 nitrogen and oxygen atoms in total. The van der Waals surface area contributed by atoms with E-state index in [2.05, 4.69) is 27.1 Å². The minimum atomic E-state index is 0.621. The SMILES string of the molecule is CCCCc1nc(Cl)c(CNC2CN3CCC2CC3)[nH]1. The highest BCUT2D eigenvalue weighted by Gasteiger charge is 2.33. The highest BCUT2D eigenvalue weighted by Crippen LogP contribution is 2.27. The Hall–Kier alpha value is -0.580. The summed E-state index contributed by atoms with van der Waals surface area (Å²) in [5, 5.41) is 4.33. The fourth-order valence-corrected chi connectivity index (χ4v) is 3.66. The standard InChI is InChI=1S/C15H25ClN4/c1-2-3-4-14-18-12(15(16)19-14)9-17-13-10-20-7-5-11(13)6-8-20/h11,13,17H,2-10H2,1H3,(H,18,19). The van der Waals surface area contributed by atoms with E-state index in [4.69, 9.17) is 11.6 Å². The molecule has 0 spiro atoms. The Bertz CT molecular complexity index is 437. The molecular formula is C15H25ClN4. The number of hydrogen-bond donors (Lipinski definition) is 2. The first-order valence-electron chi connectivity index (χ1n) is 7.95. The van der Waals surface area contributed by atoms with E-state index in [1.54, 1.807) is 0 Å². The van der Waals surface area contributed by atoms with Crippen LogP contribution in [0.5, 0.6) is 0 Å². The van der Waals surface area contributed by atoms with Crippen LogP contribution in [-0.2, 0) is 13.0 Å². The number of rotatable bonds is 6. The smallest absolute Gasteiger partial charge is 0.151 e. The quantitative estimate of drug-likeness (QED) is 0.848. The molecule has 1 aromatic heterocycles. The minimum absolute atomic E-state index is 0.621. The Kier molecular flexibility index (Phi) is 4.64. The molecule has 1 aromatic rings. The topological polar surface area (TPSA) is 44.0 Å². The van der Waals surface area contributed by atoms with Crippen LogP contribution in [0.1, 0.15) is 44.1 Å². The van der Waals surface area contributed by atoms with Gasteiger partial charge < -0.3 is 15.2 Å². The highest BCUT2D eigenvalue weighted by molar-refractivity contribution is 6.30. The van der Waals surface area contributed by atoms with Crippen molar-refractivity contribution < 1.29 is 0 Å². The number of fused-ring (bicyclic) bond motifs is 3. The number of aromatic amines is 1. The average molecular weight is 297 g/mol. The maximum absolute atomic E-state index is 6.23. The lowest BCUT2D eigenvalue weighted by molar-refractivity contribution is 0.0718. The number of aryl methyl sites for hydroxylation is 1. The average Bonchev–Trinajstić information content (AvgIpc) is 2.84. The van der Waals surface area contributed by atoms with Crippen molar-refractivity contribution in [2.45, 2.75) is 51.6 Å². The molecule has 112 valence electrons. The largest absolute Gasteiger partial charge is 0.344 e. The van der Waals surface area contributed by atoms with Crippen LogP contribution in [0.2, 0.25) is 5.15 Å². The number of imidazole rings is 1. The molecule has 0 radical (unpaired) electrons. The first-order chi connectivity index (χ1) is 9.76. The summed E-state index contributed by atoms with van der Waals surface area (Å²) in [6, 6.07) is 0.621. The van der Waals surface area contributed by atoms with Crippen molar-refractivity contribution in [3.63, 3.8) is 0 Å². The van der Waals surface area contributed by atoms with Gasteiger partial charge in [-0.25, -0.2) is 4.98 Å². The van der Waals surface area contributed by atoms with E-state index in [-0.39, 0.29) is 0 Å². The summed E-state index contributed by atoms with van der Waals surface area (Å²) < 4.78 is 0. The molecule has 3 saturated heterocycles. The monoisotopic (exact) mass is 296 g/mol. The number of nitrogens with one attached hydrogen (secondary N) is 2. The molecule has 2 bridgehead atoms.